The predicted octanol–water partition coefficient (Wildman–Crippen LogP) is 2.88. The number of nitrogens with zero attached hydrogens (tertiary/aromatic N) is 1. The molecule has 0 amide bonds. The van der Waals surface area contributed by atoms with E-state index in [1.807, 2.05) is 6.92 Å². The van der Waals surface area contributed by atoms with E-state index in [0.29, 0.717) is 17.6 Å². The highest BCUT2D eigenvalue weighted by Gasteiger charge is 2.17. The van der Waals surface area contributed by atoms with Crippen LogP contribution in [0.25, 0.3) is 0 Å². The molecule has 1 aromatic carbocycles. The van der Waals surface area contributed by atoms with Gasteiger partial charge >= 0.3 is 0 Å². The number of methoxy groups -OCH3 is 1. The molecule has 1 atom stereocenters. The largest absolute Gasteiger partial charge is 0.389 e. The van der Waals surface area contributed by atoms with Crippen molar-refractivity contribution < 1.29 is 4.74 Å². The van der Waals surface area contributed by atoms with Crippen LogP contribution in [0.5, 0.6) is 0 Å². The number of nitrogens with two attached hydrogens (primary N) is 1. The molecule has 3 nitrogen and oxygen atoms in total. The van der Waals surface area contributed by atoms with Crippen LogP contribution in [0.1, 0.15) is 31.4 Å². The molecular formula is C15H24N2OS. The number of thiocarbonyl (C=S) groups is 1. The molecule has 0 saturated carbocycles. The van der Waals surface area contributed by atoms with Gasteiger partial charge in [-0.05, 0) is 32.4 Å². The minimum atomic E-state index is 0.422. The van der Waals surface area contributed by atoms with E-state index in [1.165, 1.54) is 5.56 Å². The fraction of sp³-hybridized carbons (Fsp3) is 0.533. The quantitative estimate of drug-likeness (QED) is 0.780. The highest BCUT2D eigenvalue weighted by Crippen LogP contribution is 2.24. The molecule has 19 heavy (non-hydrogen) atoms. The molecule has 0 spiro atoms. The number of hydrogen-bond acceptors (Lipinski definition) is 3. The first-order valence-electron chi connectivity index (χ1n) is 6.67. The van der Waals surface area contributed by atoms with Crippen molar-refractivity contribution >= 4 is 22.9 Å². The first kappa shape index (κ1) is 15.9. The molecule has 0 radical (unpaired) electrons. The molecule has 4 heteroatoms. The lowest BCUT2D eigenvalue weighted by molar-refractivity contribution is 0.203. The molecule has 0 heterocycles. The molecule has 0 aliphatic carbocycles. The van der Waals surface area contributed by atoms with Crippen molar-refractivity contribution in [2.45, 2.75) is 33.2 Å². The average Bonchev–Trinajstić information content (AvgIpc) is 2.39. The molecular weight excluding hydrogens is 256 g/mol. The fourth-order valence-corrected chi connectivity index (χ4v) is 2.25. The second-order valence-corrected chi connectivity index (χ2v) is 5.27. The Balaban J connectivity index is 3.17. The van der Waals surface area contributed by atoms with Crippen molar-refractivity contribution in [3.05, 3.63) is 29.3 Å². The van der Waals surface area contributed by atoms with Crippen LogP contribution < -0.4 is 10.6 Å². The maximum Gasteiger partial charge on any atom is 0.106 e. The summed E-state index contributed by atoms with van der Waals surface area (Å²) in [6, 6.07) is 6.68. The van der Waals surface area contributed by atoms with Crippen molar-refractivity contribution in [1.82, 2.24) is 0 Å². The second-order valence-electron chi connectivity index (χ2n) is 4.83. The van der Waals surface area contributed by atoms with Crippen molar-refractivity contribution in [3.63, 3.8) is 0 Å². The van der Waals surface area contributed by atoms with Crippen molar-refractivity contribution in [3.8, 4) is 0 Å². The van der Waals surface area contributed by atoms with E-state index in [0.717, 1.165) is 24.2 Å². The predicted molar refractivity (Wildman–Crippen MR) is 86.0 cm³/mol. The zero-order chi connectivity index (χ0) is 14.4. The zero-order valence-electron chi connectivity index (χ0n) is 12.3. The molecule has 0 aromatic heterocycles. The Labute approximate surface area is 121 Å². The first-order valence-corrected chi connectivity index (χ1v) is 7.08. The Morgan fingerprint density at radius 3 is 2.68 bits per heavy atom. The maximum absolute atomic E-state index is 5.87. The summed E-state index contributed by atoms with van der Waals surface area (Å²) in [5.41, 5.74) is 9.09. The molecule has 2 N–H and O–H groups in total. The van der Waals surface area contributed by atoms with E-state index in [9.17, 15) is 0 Å². The minimum Gasteiger partial charge on any atom is -0.389 e. The molecule has 0 bridgehead atoms. The number of anilines is 1. The van der Waals surface area contributed by atoms with Crippen LogP contribution >= 0.6 is 12.2 Å². The van der Waals surface area contributed by atoms with Crippen molar-refractivity contribution in [2.24, 2.45) is 5.73 Å². The lowest BCUT2D eigenvalue weighted by Crippen LogP contribution is -2.36. The van der Waals surface area contributed by atoms with E-state index >= 15 is 0 Å². The Hall–Kier alpha value is -1.13. The fourth-order valence-electron chi connectivity index (χ4n) is 2.09. The van der Waals surface area contributed by atoms with E-state index in [1.54, 1.807) is 7.11 Å². The van der Waals surface area contributed by atoms with Crippen LogP contribution in [-0.2, 0) is 4.74 Å². The van der Waals surface area contributed by atoms with Crippen LogP contribution in [0, 0.1) is 6.92 Å². The Morgan fingerprint density at radius 2 is 2.16 bits per heavy atom. The van der Waals surface area contributed by atoms with Gasteiger partial charge in [-0.3, -0.25) is 0 Å². The van der Waals surface area contributed by atoms with Gasteiger partial charge in [-0.25, -0.2) is 0 Å². The SMILES string of the molecule is CCC(C)N(CCOC)c1ccc(C)cc1C(N)=S. The van der Waals surface area contributed by atoms with Gasteiger partial charge in [0.15, 0.2) is 0 Å². The van der Waals surface area contributed by atoms with Gasteiger partial charge in [0.05, 0.1) is 6.61 Å². The van der Waals surface area contributed by atoms with E-state index in [2.05, 4.69) is 36.9 Å². The highest BCUT2D eigenvalue weighted by molar-refractivity contribution is 7.80. The van der Waals surface area contributed by atoms with Gasteiger partial charge in [0.2, 0.25) is 0 Å². The third kappa shape index (κ3) is 4.18. The summed E-state index contributed by atoms with van der Waals surface area (Å²) in [5.74, 6) is 0. The summed E-state index contributed by atoms with van der Waals surface area (Å²) in [6.07, 6.45) is 1.06. The highest BCUT2D eigenvalue weighted by atomic mass is 32.1. The number of benzene rings is 1. The lowest BCUT2D eigenvalue weighted by Gasteiger charge is -2.32. The summed E-state index contributed by atoms with van der Waals surface area (Å²) in [7, 11) is 1.72. The van der Waals surface area contributed by atoms with Gasteiger partial charge in [0, 0.05) is 30.9 Å². The van der Waals surface area contributed by atoms with Gasteiger partial charge in [0.25, 0.3) is 0 Å². The van der Waals surface area contributed by atoms with E-state index < -0.39 is 0 Å². The smallest absolute Gasteiger partial charge is 0.106 e. The molecule has 0 saturated heterocycles. The maximum atomic E-state index is 5.87. The third-order valence-electron chi connectivity index (χ3n) is 3.39. The average molecular weight is 280 g/mol. The molecule has 1 aromatic rings. The van der Waals surface area contributed by atoms with Gasteiger partial charge in [-0.15, -0.1) is 0 Å². The Morgan fingerprint density at radius 1 is 1.47 bits per heavy atom. The molecule has 0 fully saturated rings. The summed E-state index contributed by atoms with van der Waals surface area (Å²) < 4.78 is 5.21. The summed E-state index contributed by atoms with van der Waals surface area (Å²) in [4.78, 5) is 2.77. The van der Waals surface area contributed by atoms with Crippen molar-refractivity contribution in [2.75, 3.05) is 25.2 Å². The Bertz CT molecular complexity index is 434. The Kier molecular flexibility index (Phi) is 6.25. The normalized spacial score (nSPS) is 12.2. The molecule has 1 unspecified atom stereocenters. The van der Waals surface area contributed by atoms with Crippen LogP contribution in [-0.4, -0.2) is 31.3 Å². The zero-order valence-corrected chi connectivity index (χ0v) is 13.1. The number of aryl methyl sites for hydroxylation is 1. The van der Waals surface area contributed by atoms with Crippen LogP contribution in [0.2, 0.25) is 0 Å². The van der Waals surface area contributed by atoms with E-state index in [4.69, 9.17) is 22.7 Å². The van der Waals surface area contributed by atoms with Crippen LogP contribution in [0.15, 0.2) is 18.2 Å². The van der Waals surface area contributed by atoms with Crippen LogP contribution in [0.3, 0.4) is 0 Å². The molecule has 106 valence electrons. The number of hydrogen-bond donors (Lipinski definition) is 1. The summed E-state index contributed by atoms with van der Waals surface area (Å²) in [5, 5.41) is 0. The van der Waals surface area contributed by atoms with Gasteiger partial charge in [-0.2, -0.15) is 0 Å². The lowest BCUT2D eigenvalue weighted by atomic mass is 10.1. The first-order chi connectivity index (χ1) is 9.01. The van der Waals surface area contributed by atoms with Gasteiger partial charge in [-0.1, -0.05) is 30.8 Å². The van der Waals surface area contributed by atoms with Gasteiger partial charge < -0.3 is 15.4 Å². The molecule has 0 aliphatic heterocycles. The third-order valence-corrected chi connectivity index (χ3v) is 3.61. The standard InChI is InChI=1S/C15H24N2OS/c1-5-12(3)17(8-9-18-4)14-7-6-11(2)10-13(14)15(16)19/h6-7,10,12H,5,8-9H2,1-4H3,(H2,16,19). The van der Waals surface area contributed by atoms with Gasteiger partial charge in [0.1, 0.15) is 4.99 Å². The molecule has 1 rings (SSSR count). The minimum absolute atomic E-state index is 0.422. The van der Waals surface area contributed by atoms with E-state index in [-0.39, 0.29) is 0 Å². The number of rotatable bonds is 7. The topological polar surface area (TPSA) is 38.5 Å². The second kappa shape index (κ2) is 7.46. The van der Waals surface area contributed by atoms with Crippen molar-refractivity contribution in [1.29, 1.82) is 0 Å². The number of ether oxygens (including phenoxy) is 1. The monoisotopic (exact) mass is 280 g/mol. The van der Waals surface area contributed by atoms with Crippen LogP contribution in [0.4, 0.5) is 5.69 Å². The summed E-state index contributed by atoms with van der Waals surface area (Å²) >= 11 is 5.18. The summed E-state index contributed by atoms with van der Waals surface area (Å²) in [6.45, 7) is 7.96. The molecule has 0 aliphatic rings.